The van der Waals surface area contributed by atoms with Gasteiger partial charge in [0.2, 0.25) is 16.0 Å². The van der Waals surface area contributed by atoms with Gasteiger partial charge < -0.3 is 10.6 Å². The molecule has 0 saturated heterocycles. The van der Waals surface area contributed by atoms with Crippen molar-refractivity contribution in [1.82, 2.24) is 9.97 Å². The predicted molar refractivity (Wildman–Crippen MR) is 95.5 cm³/mol. The third-order valence-electron chi connectivity index (χ3n) is 3.23. The predicted octanol–water partition coefficient (Wildman–Crippen LogP) is 1.68. The summed E-state index contributed by atoms with van der Waals surface area (Å²) in [4.78, 5) is 8.78. The van der Waals surface area contributed by atoms with Crippen molar-refractivity contribution in [2.45, 2.75) is 18.2 Å². The van der Waals surface area contributed by atoms with Crippen LogP contribution in [0.4, 0.5) is 11.8 Å². The second kappa shape index (κ2) is 7.89. The minimum Gasteiger partial charge on any atom is -0.370 e. The molecule has 0 unspecified atom stereocenters. The van der Waals surface area contributed by atoms with Crippen molar-refractivity contribution in [2.24, 2.45) is 5.14 Å². The number of nitrogens with one attached hydrogen (secondary N) is 2. The van der Waals surface area contributed by atoms with E-state index in [4.69, 9.17) is 5.14 Å². The Hall–Kier alpha value is -2.45. The first-order valence-electron chi connectivity index (χ1n) is 7.44. The Morgan fingerprint density at radius 2 is 1.92 bits per heavy atom. The van der Waals surface area contributed by atoms with Crippen LogP contribution >= 0.6 is 0 Å². The fraction of sp³-hybridized carbons (Fsp3) is 0.250. The zero-order valence-corrected chi connectivity index (χ0v) is 14.3. The number of sulfonamides is 1. The summed E-state index contributed by atoms with van der Waals surface area (Å²) < 4.78 is 22.4. The van der Waals surface area contributed by atoms with E-state index in [9.17, 15) is 8.42 Å². The molecule has 4 N–H and O–H groups in total. The third-order valence-corrected chi connectivity index (χ3v) is 4.16. The van der Waals surface area contributed by atoms with Crippen molar-refractivity contribution in [1.29, 1.82) is 0 Å². The molecule has 8 heteroatoms. The molecule has 0 aliphatic rings. The normalized spacial score (nSPS) is 11.1. The molecule has 1 aromatic heterocycles. The zero-order chi connectivity index (χ0) is 17.6. The maximum absolute atomic E-state index is 11.2. The van der Waals surface area contributed by atoms with Gasteiger partial charge in [-0.05, 0) is 31.0 Å². The summed E-state index contributed by atoms with van der Waals surface area (Å²) in [7, 11) is -3.65. The van der Waals surface area contributed by atoms with E-state index < -0.39 is 10.0 Å². The molecule has 0 amide bonds. The van der Waals surface area contributed by atoms with Crippen LogP contribution in [0.15, 0.2) is 47.9 Å². The highest BCUT2D eigenvalue weighted by Crippen LogP contribution is 2.11. The van der Waals surface area contributed by atoms with Gasteiger partial charge in [-0.25, -0.2) is 18.5 Å². The topological polar surface area (TPSA) is 110 Å². The van der Waals surface area contributed by atoms with Crippen LogP contribution in [0, 0.1) is 6.92 Å². The number of anilines is 2. The van der Waals surface area contributed by atoms with E-state index in [1.807, 2.05) is 13.0 Å². The maximum atomic E-state index is 11.2. The molecule has 7 nitrogen and oxygen atoms in total. The summed E-state index contributed by atoms with van der Waals surface area (Å²) >= 11 is 0. The first-order valence-corrected chi connectivity index (χ1v) is 8.99. The molecule has 0 aliphatic carbocycles. The summed E-state index contributed by atoms with van der Waals surface area (Å²) in [6.45, 7) is 6.80. The van der Waals surface area contributed by atoms with Crippen LogP contribution < -0.4 is 15.8 Å². The zero-order valence-electron chi connectivity index (χ0n) is 13.5. The summed E-state index contributed by atoms with van der Waals surface area (Å²) in [5.41, 5.74) is 1.86. The average molecular weight is 347 g/mol. The first kappa shape index (κ1) is 17.9. The van der Waals surface area contributed by atoms with Gasteiger partial charge in [-0.1, -0.05) is 18.2 Å². The Labute approximate surface area is 142 Å². The number of primary sulfonamides is 1. The van der Waals surface area contributed by atoms with Crippen LogP contribution in [-0.4, -0.2) is 31.5 Å². The molecule has 128 valence electrons. The number of benzene rings is 1. The van der Waals surface area contributed by atoms with Crippen molar-refractivity contribution in [3.63, 3.8) is 0 Å². The first-order chi connectivity index (χ1) is 11.4. The average Bonchev–Trinajstić information content (AvgIpc) is 2.52. The van der Waals surface area contributed by atoms with Gasteiger partial charge in [-0.15, -0.1) is 6.58 Å². The number of aromatic nitrogens is 2. The molecule has 2 rings (SSSR count). The molecule has 0 fully saturated rings. The maximum Gasteiger partial charge on any atom is 0.238 e. The van der Waals surface area contributed by atoms with Crippen molar-refractivity contribution < 1.29 is 8.42 Å². The van der Waals surface area contributed by atoms with Crippen LogP contribution in [-0.2, 0) is 16.4 Å². The second-order valence-electron chi connectivity index (χ2n) is 5.25. The number of aryl methyl sites for hydroxylation is 1. The quantitative estimate of drug-likeness (QED) is 0.627. The van der Waals surface area contributed by atoms with Gasteiger partial charge in [0.05, 0.1) is 4.90 Å². The van der Waals surface area contributed by atoms with E-state index in [0.717, 1.165) is 23.5 Å². The van der Waals surface area contributed by atoms with Crippen LogP contribution in [0.3, 0.4) is 0 Å². The molecule has 0 radical (unpaired) electrons. The van der Waals surface area contributed by atoms with Gasteiger partial charge >= 0.3 is 0 Å². The molecule has 0 bridgehead atoms. The lowest BCUT2D eigenvalue weighted by molar-refractivity contribution is 0.598. The number of nitrogens with zero attached hydrogens (tertiary/aromatic N) is 2. The second-order valence-corrected chi connectivity index (χ2v) is 6.81. The number of hydrogen-bond acceptors (Lipinski definition) is 6. The number of nitrogens with two attached hydrogens (primary N) is 1. The molecule has 1 heterocycles. The fourth-order valence-electron chi connectivity index (χ4n) is 2.08. The molecule has 0 spiro atoms. The van der Waals surface area contributed by atoms with Gasteiger partial charge in [-0.2, -0.15) is 4.98 Å². The Morgan fingerprint density at radius 3 is 2.54 bits per heavy atom. The minimum absolute atomic E-state index is 0.114. The number of rotatable bonds is 8. The standard InChI is InChI=1S/C16H21N5O2S/c1-3-9-19-16-20-12(2)11-15(21-16)18-10-8-13-4-6-14(7-5-13)24(17,22)23/h3-7,11H,1,8-10H2,2H3,(H2,17,22,23)(H2,18,19,20,21). The molecule has 1 aromatic carbocycles. The monoisotopic (exact) mass is 347 g/mol. The Morgan fingerprint density at radius 1 is 1.21 bits per heavy atom. The lowest BCUT2D eigenvalue weighted by Crippen LogP contribution is -2.12. The molecule has 0 saturated carbocycles. The van der Waals surface area contributed by atoms with Crippen LogP contribution in [0.1, 0.15) is 11.3 Å². The molecule has 0 atom stereocenters. The molecule has 0 aliphatic heterocycles. The van der Waals surface area contributed by atoms with Crippen molar-refractivity contribution >= 4 is 21.8 Å². The molecule has 24 heavy (non-hydrogen) atoms. The van der Waals surface area contributed by atoms with Crippen molar-refractivity contribution in [3.05, 3.63) is 54.2 Å². The number of hydrogen-bond donors (Lipinski definition) is 3. The Bertz CT molecular complexity index is 804. The van der Waals surface area contributed by atoms with E-state index in [1.165, 1.54) is 12.1 Å². The van der Waals surface area contributed by atoms with E-state index in [2.05, 4.69) is 27.2 Å². The highest BCUT2D eigenvalue weighted by atomic mass is 32.2. The van der Waals surface area contributed by atoms with Gasteiger partial charge in [0.1, 0.15) is 5.82 Å². The van der Waals surface area contributed by atoms with E-state index in [0.29, 0.717) is 19.0 Å². The van der Waals surface area contributed by atoms with E-state index >= 15 is 0 Å². The van der Waals surface area contributed by atoms with Gasteiger partial charge in [0, 0.05) is 24.8 Å². The largest absolute Gasteiger partial charge is 0.370 e. The fourth-order valence-corrected chi connectivity index (χ4v) is 2.60. The van der Waals surface area contributed by atoms with Crippen LogP contribution in [0.25, 0.3) is 0 Å². The van der Waals surface area contributed by atoms with Gasteiger partial charge in [0.25, 0.3) is 0 Å². The van der Waals surface area contributed by atoms with Crippen molar-refractivity contribution in [3.8, 4) is 0 Å². The summed E-state index contributed by atoms with van der Waals surface area (Å²) in [6, 6.07) is 8.39. The third kappa shape index (κ3) is 5.32. The summed E-state index contributed by atoms with van der Waals surface area (Å²) in [5, 5.41) is 11.4. The highest BCUT2D eigenvalue weighted by molar-refractivity contribution is 7.89. The molecular formula is C16H21N5O2S. The highest BCUT2D eigenvalue weighted by Gasteiger charge is 2.06. The SMILES string of the molecule is C=CCNc1nc(C)cc(NCCc2ccc(S(N)(=O)=O)cc2)n1. The summed E-state index contributed by atoms with van der Waals surface area (Å²) in [5.74, 6) is 1.28. The summed E-state index contributed by atoms with van der Waals surface area (Å²) in [6.07, 6.45) is 2.47. The van der Waals surface area contributed by atoms with Crippen LogP contribution in [0.5, 0.6) is 0 Å². The lowest BCUT2D eigenvalue weighted by atomic mass is 10.1. The minimum atomic E-state index is -3.65. The smallest absolute Gasteiger partial charge is 0.238 e. The van der Waals surface area contributed by atoms with Crippen molar-refractivity contribution in [2.75, 3.05) is 23.7 Å². The van der Waals surface area contributed by atoms with E-state index in [-0.39, 0.29) is 4.90 Å². The molecular weight excluding hydrogens is 326 g/mol. The Balaban J connectivity index is 1.94. The van der Waals surface area contributed by atoms with Crippen LogP contribution in [0.2, 0.25) is 0 Å². The van der Waals surface area contributed by atoms with Gasteiger partial charge in [0.15, 0.2) is 0 Å². The Kier molecular flexibility index (Phi) is 5.88. The molecule has 2 aromatic rings. The van der Waals surface area contributed by atoms with E-state index in [1.54, 1.807) is 18.2 Å². The lowest BCUT2D eigenvalue weighted by Gasteiger charge is -2.09. The van der Waals surface area contributed by atoms with Gasteiger partial charge in [-0.3, -0.25) is 0 Å².